The molecule has 0 saturated carbocycles. The minimum absolute atomic E-state index is 0.510. The van der Waals surface area contributed by atoms with Crippen LogP contribution in [0.15, 0.2) is 0 Å². The van der Waals surface area contributed by atoms with Gasteiger partial charge in [0.15, 0.2) is 0 Å². The van der Waals surface area contributed by atoms with Gasteiger partial charge in [-0.3, -0.25) is 0 Å². The Morgan fingerprint density at radius 1 is 1.08 bits per heavy atom. The highest BCUT2D eigenvalue weighted by molar-refractivity contribution is 7.86. The van der Waals surface area contributed by atoms with Gasteiger partial charge in [-0.05, 0) is 12.8 Å². The largest absolute Gasteiger partial charge is 0.301 e. The quantitative estimate of drug-likeness (QED) is 0.612. The highest BCUT2D eigenvalue weighted by atomic mass is 32.2. The summed E-state index contributed by atoms with van der Waals surface area (Å²) >= 11 is 0. The SMILES string of the molecule is O=S(=O)(NO)N1CCCCCC1. The molecule has 6 heteroatoms. The Labute approximate surface area is 72.5 Å². The highest BCUT2D eigenvalue weighted by Gasteiger charge is 2.21. The minimum Gasteiger partial charge on any atom is -0.301 e. The molecule has 0 spiro atoms. The predicted molar refractivity (Wildman–Crippen MR) is 43.9 cm³/mol. The van der Waals surface area contributed by atoms with Gasteiger partial charge in [-0.25, -0.2) is 0 Å². The van der Waals surface area contributed by atoms with E-state index in [0.29, 0.717) is 13.1 Å². The van der Waals surface area contributed by atoms with E-state index in [4.69, 9.17) is 5.21 Å². The van der Waals surface area contributed by atoms with E-state index >= 15 is 0 Å². The predicted octanol–water partition coefficient (Wildman–Crippen LogP) is 0.0860. The second-order valence-corrected chi connectivity index (χ2v) is 4.56. The van der Waals surface area contributed by atoms with Crippen molar-refractivity contribution in [2.45, 2.75) is 25.7 Å². The van der Waals surface area contributed by atoms with Crippen LogP contribution >= 0.6 is 0 Å². The lowest BCUT2D eigenvalue weighted by Crippen LogP contribution is -2.39. The molecule has 1 heterocycles. The third-order valence-corrected chi connectivity index (χ3v) is 3.30. The van der Waals surface area contributed by atoms with E-state index < -0.39 is 10.2 Å². The van der Waals surface area contributed by atoms with Crippen molar-refractivity contribution in [2.24, 2.45) is 0 Å². The molecule has 0 atom stereocenters. The molecule has 0 amide bonds. The maximum absolute atomic E-state index is 11.1. The lowest BCUT2D eigenvalue weighted by Gasteiger charge is -2.17. The van der Waals surface area contributed by atoms with Crippen molar-refractivity contribution in [3.8, 4) is 0 Å². The van der Waals surface area contributed by atoms with Crippen LogP contribution in [0.25, 0.3) is 0 Å². The summed E-state index contributed by atoms with van der Waals surface area (Å²) in [5.74, 6) is 0. The Bertz CT molecular complexity index is 219. The van der Waals surface area contributed by atoms with Crippen LogP contribution in [0, 0.1) is 0 Å². The van der Waals surface area contributed by atoms with E-state index in [0.717, 1.165) is 25.7 Å². The van der Waals surface area contributed by atoms with Gasteiger partial charge in [0.25, 0.3) is 0 Å². The maximum Gasteiger partial charge on any atom is 0.301 e. The number of nitrogens with one attached hydrogen (secondary N) is 1. The first-order chi connectivity index (χ1) is 5.67. The van der Waals surface area contributed by atoms with Crippen LogP contribution in [-0.2, 0) is 10.2 Å². The van der Waals surface area contributed by atoms with E-state index in [1.165, 1.54) is 9.19 Å². The standard InChI is InChI=1S/C6H14N2O3S/c9-7-12(10,11)8-5-3-1-2-4-6-8/h7,9H,1-6H2. The highest BCUT2D eigenvalue weighted by Crippen LogP contribution is 2.11. The monoisotopic (exact) mass is 194 g/mol. The van der Waals surface area contributed by atoms with Crippen LogP contribution in [0.3, 0.4) is 0 Å². The summed E-state index contributed by atoms with van der Waals surface area (Å²) in [5, 5.41) is 8.36. The minimum atomic E-state index is -3.61. The van der Waals surface area contributed by atoms with Crippen molar-refractivity contribution >= 4 is 10.2 Å². The fraction of sp³-hybridized carbons (Fsp3) is 1.00. The first-order valence-electron chi connectivity index (χ1n) is 4.08. The first-order valence-corrected chi connectivity index (χ1v) is 5.52. The van der Waals surface area contributed by atoms with Crippen molar-refractivity contribution < 1.29 is 13.6 Å². The fourth-order valence-electron chi connectivity index (χ4n) is 1.34. The zero-order chi connectivity index (χ0) is 9.03. The summed E-state index contributed by atoms with van der Waals surface area (Å²) in [6.45, 7) is 1.02. The number of hydrogen-bond acceptors (Lipinski definition) is 3. The zero-order valence-corrected chi connectivity index (χ0v) is 7.68. The molecule has 0 radical (unpaired) electrons. The average molecular weight is 194 g/mol. The van der Waals surface area contributed by atoms with Crippen molar-refractivity contribution in [3.63, 3.8) is 0 Å². The molecule has 1 aliphatic heterocycles. The van der Waals surface area contributed by atoms with Gasteiger partial charge >= 0.3 is 10.2 Å². The van der Waals surface area contributed by atoms with Gasteiger partial charge in [-0.1, -0.05) is 17.7 Å². The van der Waals surface area contributed by atoms with E-state index in [-0.39, 0.29) is 0 Å². The zero-order valence-electron chi connectivity index (χ0n) is 6.86. The van der Waals surface area contributed by atoms with Gasteiger partial charge in [0, 0.05) is 13.1 Å². The molecule has 5 nitrogen and oxygen atoms in total. The molecular formula is C6H14N2O3S. The van der Waals surface area contributed by atoms with Crippen LogP contribution < -0.4 is 4.89 Å². The Hall–Kier alpha value is -0.170. The summed E-state index contributed by atoms with van der Waals surface area (Å²) in [6.07, 6.45) is 3.89. The summed E-state index contributed by atoms with van der Waals surface area (Å²) in [7, 11) is -3.61. The smallest absolute Gasteiger partial charge is 0.301 e. The van der Waals surface area contributed by atoms with Crippen molar-refractivity contribution in [3.05, 3.63) is 0 Å². The Balaban J connectivity index is 2.60. The molecule has 1 rings (SSSR count). The lowest BCUT2D eigenvalue weighted by atomic mass is 10.2. The van der Waals surface area contributed by atoms with Gasteiger partial charge in [-0.2, -0.15) is 12.7 Å². The molecular weight excluding hydrogens is 180 g/mol. The molecule has 12 heavy (non-hydrogen) atoms. The molecule has 1 fully saturated rings. The summed E-state index contributed by atoms with van der Waals surface area (Å²) < 4.78 is 23.4. The lowest BCUT2D eigenvalue weighted by molar-refractivity contribution is 0.227. The topological polar surface area (TPSA) is 69.6 Å². The van der Waals surface area contributed by atoms with Crippen LogP contribution in [0.4, 0.5) is 0 Å². The van der Waals surface area contributed by atoms with Gasteiger partial charge in [-0.15, -0.1) is 0 Å². The van der Waals surface area contributed by atoms with E-state index in [2.05, 4.69) is 0 Å². The van der Waals surface area contributed by atoms with E-state index in [9.17, 15) is 8.42 Å². The molecule has 0 aliphatic carbocycles. The summed E-state index contributed by atoms with van der Waals surface area (Å²) in [6, 6.07) is 0. The molecule has 0 unspecified atom stereocenters. The number of nitrogens with zero attached hydrogens (tertiary/aromatic N) is 1. The van der Waals surface area contributed by atoms with Gasteiger partial charge in [0.1, 0.15) is 0 Å². The van der Waals surface area contributed by atoms with Gasteiger partial charge in [0.2, 0.25) is 0 Å². The van der Waals surface area contributed by atoms with Crippen molar-refractivity contribution in [2.75, 3.05) is 13.1 Å². The fourth-order valence-corrected chi connectivity index (χ4v) is 2.19. The molecule has 1 saturated heterocycles. The molecule has 1 aliphatic rings. The second-order valence-electron chi connectivity index (χ2n) is 2.91. The number of rotatable bonds is 2. The summed E-state index contributed by atoms with van der Waals surface area (Å²) in [5.41, 5.74) is 0. The van der Waals surface area contributed by atoms with Crippen molar-refractivity contribution in [1.29, 1.82) is 0 Å². The molecule has 0 aromatic carbocycles. The molecule has 0 aromatic heterocycles. The first kappa shape index (κ1) is 9.91. The third-order valence-electron chi connectivity index (χ3n) is 2.02. The Morgan fingerprint density at radius 3 is 2.00 bits per heavy atom. The number of hydrogen-bond donors (Lipinski definition) is 2. The summed E-state index contributed by atoms with van der Waals surface area (Å²) in [4.78, 5) is 1.34. The van der Waals surface area contributed by atoms with E-state index in [1.54, 1.807) is 0 Å². The van der Waals surface area contributed by atoms with Crippen LogP contribution in [0.5, 0.6) is 0 Å². The maximum atomic E-state index is 11.1. The third kappa shape index (κ3) is 2.41. The van der Waals surface area contributed by atoms with Crippen LogP contribution in [-0.4, -0.2) is 31.0 Å². The molecule has 0 bridgehead atoms. The van der Waals surface area contributed by atoms with Crippen LogP contribution in [0.1, 0.15) is 25.7 Å². The van der Waals surface area contributed by atoms with Gasteiger partial charge in [0.05, 0.1) is 0 Å². The molecule has 72 valence electrons. The normalized spacial score (nSPS) is 22.1. The molecule has 0 aromatic rings. The Morgan fingerprint density at radius 2 is 1.58 bits per heavy atom. The van der Waals surface area contributed by atoms with E-state index in [1.807, 2.05) is 0 Å². The molecule has 2 N–H and O–H groups in total. The second kappa shape index (κ2) is 4.18. The average Bonchev–Trinajstić information content (AvgIpc) is 2.32. The van der Waals surface area contributed by atoms with Crippen LogP contribution in [0.2, 0.25) is 0 Å². The van der Waals surface area contributed by atoms with Crippen molar-refractivity contribution in [1.82, 2.24) is 9.19 Å². The van der Waals surface area contributed by atoms with Gasteiger partial charge < -0.3 is 5.21 Å². The Kier molecular flexibility index (Phi) is 3.45.